The first-order valence-electron chi connectivity index (χ1n) is 8.09. The molecule has 2 aromatic rings. The van der Waals surface area contributed by atoms with Crippen LogP contribution in [0.3, 0.4) is 0 Å². The first kappa shape index (κ1) is 18.5. The highest BCUT2D eigenvalue weighted by molar-refractivity contribution is 5.92. The molecule has 2 rings (SSSR count). The number of carbonyl (C=O) groups is 2. The van der Waals surface area contributed by atoms with E-state index in [4.69, 9.17) is 10.5 Å². The van der Waals surface area contributed by atoms with Gasteiger partial charge in [0.2, 0.25) is 11.8 Å². The summed E-state index contributed by atoms with van der Waals surface area (Å²) in [6, 6.07) is 16.6. The van der Waals surface area contributed by atoms with Gasteiger partial charge in [-0.2, -0.15) is 0 Å². The standard InChI is InChI=1S/C19H23N3O3/c1-14(2)22(12-18(20)23)13-19(24)21-15-8-10-17(11-9-15)25-16-6-4-3-5-7-16/h3-11,14H,12-13H2,1-2H3,(H2,20,23)(H,21,24). The number of amides is 2. The molecule has 0 atom stereocenters. The number of nitrogens with two attached hydrogens (primary N) is 1. The largest absolute Gasteiger partial charge is 0.457 e. The van der Waals surface area contributed by atoms with E-state index in [-0.39, 0.29) is 25.0 Å². The minimum atomic E-state index is -0.455. The Morgan fingerprint density at radius 1 is 1.00 bits per heavy atom. The number of benzene rings is 2. The third-order valence-corrected chi connectivity index (χ3v) is 3.55. The summed E-state index contributed by atoms with van der Waals surface area (Å²) in [5.41, 5.74) is 5.87. The molecule has 3 N–H and O–H groups in total. The van der Waals surface area contributed by atoms with Crippen molar-refractivity contribution in [3.05, 3.63) is 54.6 Å². The predicted octanol–water partition coefficient (Wildman–Crippen LogP) is 2.61. The van der Waals surface area contributed by atoms with Gasteiger partial charge in [0, 0.05) is 11.7 Å². The van der Waals surface area contributed by atoms with Gasteiger partial charge in [0.15, 0.2) is 0 Å². The minimum Gasteiger partial charge on any atom is -0.457 e. The van der Waals surface area contributed by atoms with Crippen LogP contribution in [0.25, 0.3) is 0 Å². The zero-order chi connectivity index (χ0) is 18.2. The van der Waals surface area contributed by atoms with E-state index in [0.717, 1.165) is 5.75 Å². The molecule has 0 aliphatic rings. The molecule has 0 fully saturated rings. The molecular weight excluding hydrogens is 318 g/mol. The summed E-state index contributed by atoms with van der Waals surface area (Å²) in [5.74, 6) is 0.774. The molecule has 0 heterocycles. The molecule has 0 aromatic heterocycles. The third kappa shape index (κ3) is 6.27. The van der Waals surface area contributed by atoms with Crippen molar-refractivity contribution < 1.29 is 14.3 Å². The monoisotopic (exact) mass is 341 g/mol. The average Bonchev–Trinajstić information content (AvgIpc) is 2.56. The van der Waals surface area contributed by atoms with E-state index in [1.165, 1.54) is 0 Å². The van der Waals surface area contributed by atoms with E-state index in [1.54, 1.807) is 29.2 Å². The minimum absolute atomic E-state index is 0.0416. The van der Waals surface area contributed by atoms with Crippen molar-refractivity contribution in [3.63, 3.8) is 0 Å². The molecule has 0 saturated carbocycles. The van der Waals surface area contributed by atoms with Crippen molar-refractivity contribution in [1.82, 2.24) is 4.90 Å². The Bertz CT molecular complexity index is 700. The van der Waals surface area contributed by atoms with Gasteiger partial charge in [-0.3, -0.25) is 14.5 Å². The van der Waals surface area contributed by atoms with Crippen LogP contribution >= 0.6 is 0 Å². The van der Waals surface area contributed by atoms with Crippen molar-refractivity contribution in [3.8, 4) is 11.5 Å². The molecule has 132 valence electrons. The Kier molecular flexibility index (Phi) is 6.54. The van der Waals surface area contributed by atoms with Crippen LogP contribution in [0.1, 0.15) is 13.8 Å². The second kappa shape index (κ2) is 8.84. The molecule has 6 nitrogen and oxygen atoms in total. The van der Waals surface area contributed by atoms with Crippen molar-refractivity contribution in [2.45, 2.75) is 19.9 Å². The fraction of sp³-hybridized carbons (Fsp3) is 0.263. The molecule has 2 aromatic carbocycles. The summed E-state index contributed by atoms with van der Waals surface area (Å²) in [6.45, 7) is 3.97. The maximum Gasteiger partial charge on any atom is 0.238 e. The third-order valence-electron chi connectivity index (χ3n) is 3.55. The maximum atomic E-state index is 12.1. The van der Waals surface area contributed by atoms with Gasteiger partial charge in [-0.25, -0.2) is 0 Å². The summed E-state index contributed by atoms with van der Waals surface area (Å²) >= 11 is 0. The van der Waals surface area contributed by atoms with Crippen LogP contribution in [0.5, 0.6) is 11.5 Å². The molecule has 6 heteroatoms. The van der Waals surface area contributed by atoms with E-state index in [2.05, 4.69) is 5.32 Å². The molecule has 0 aliphatic carbocycles. The Morgan fingerprint density at radius 2 is 1.60 bits per heavy atom. The highest BCUT2D eigenvalue weighted by Gasteiger charge is 2.16. The summed E-state index contributed by atoms with van der Waals surface area (Å²) < 4.78 is 5.71. The maximum absolute atomic E-state index is 12.1. The number of hydrogen-bond donors (Lipinski definition) is 2. The van der Waals surface area contributed by atoms with Crippen molar-refractivity contribution in [2.75, 3.05) is 18.4 Å². The second-order valence-electron chi connectivity index (χ2n) is 5.95. The SMILES string of the molecule is CC(C)N(CC(N)=O)CC(=O)Nc1ccc(Oc2ccccc2)cc1. The first-order valence-corrected chi connectivity index (χ1v) is 8.09. The molecule has 2 amide bonds. The summed E-state index contributed by atoms with van der Waals surface area (Å²) in [4.78, 5) is 24.9. The van der Waals surface area contributed by atoms with Gasteiger partial charge in [0.1, 0.15) is 11.5 Å². The number of para-hydroxylation sites is 1. The van der Waals surface area contributed by atoms with Gasteiger partial charge in [-0.15, -0.1) is 0 Å². The van der Waals surface area contributed by atoms with Crippen LogP contribution in [0.4, 0.5) is 5.69 Å². The van der Waals surface area contributed by atoms with Gasteiger partial charge in [-0.1, -0.05) is 18.2 Å². The number of hydrogen-bond acceptors (Lipinski definition) is 4. The van der Waals surface area contributed by atoms with Gasteiger partial charge in [0.05, 0.1) is 13.1 Å². The molecule has 0 bridgehead atoms. The highest BCUT2D eigenvalue weighted by Crippen LogP contribution is 2.22. The highest BCUT2D eigenvalue weighted by atomic mass is 16.5. The molecule has 0 spiro atoms. The summed E-state index contributed by atoms with van der Waals surface area (Å²) in [7, 11) is 0. The van der Waals surface area contributed by atoms with Crippen molar-refractivity contribution in [2.24, 2.45) is 5.73 Å². The lowest BCUT2D eigenvalue weighted by Crippen LogP contribution is -2.43. The molecule has 25 heavy (non-hydrogen) atoms. The van der Waals surface area contributed by atoms with Crippen LogP contribution in [0, 0.1) is 0 Å². The van der Waals surface area contributed by atoms with E-state index in [1.807, 2.05) is 44.2 Å². The van der Waals surface area contributed by atoms with Crippen molar-refractivity contribution >= 4 is 17.5 Å². The topological polar surface area (TPSA) is 84.7 Å². The molecule has 0 aliphatic heterocycles. The number of anilines is 1. The van der Waals surface area contributed by atoms with Crippen LogP contribution in [0.15, 0.2) is 54.6 Å². The number of rotatable bonds is 8. The second-order valence-corrected chi connectivity index (χ2v) is 5.95. The lowest BCUT2D eigenvalue weighted by Gasteiger charge is -2.24. The van der Waals surface area contributed by atoms with E-state index >= 15 is 0 Å². The lowest BCUT2D eigenvalue weighted by molar-refractivity contribution is -0.121. The zero-order valence-corrected chi connectivity index (χ0v) is 14.4. The van der Waals surface area contributed by atoms with E-state index in [9.17, 15) is 9.59 Å². The van der Waals surface area contributed by atoms with Gasteiger partial charge >= 0.3 is 0 Å². The lowest BCUT2D eigenvalue weighted by atomic mass is 10.2. The smallest absolute Gasteiger partial charge is 0.238 e. The van der Waals surface area contributed by atoms with Crippen LogP contribution in [-0.2, 0) is 9.59 Å². The fourth-order valence-corrected chi connectivity index (χ4v) is 2.24. The molecular formula is C19H23N3O3. The van der Waals surface area contributed by atoms with Crippen molar-refractivity contribution in [1.29, 1.82) is 0 Å². The van der Waals surface area contributed by atoms with Gasteiger partial charge < -0.3 is 15.8 Å². The Morgan fingerprint density at radius 3 is 2.16 bits per heavy atom. The number of carbonyl (C=O) groups excluding carboxylic acids is 2. The molecule has 0 saturated heterocycles. The number of nitrogens with one attached hydrogen (secondary N) is 1. The van der Waals surface area contributed by atoms with Gasteiger partial charge in [0.25, 0.3) is 0 Å². The predicted molar refractivity (Wildman–Crippen MR) is 97.5 cm³/mol. The number of nitrogens with zero attached hydrogens (tertiary/aromatic N) is 1. The Balaban J connectivity index is 1.91. The first-order chi connectivity index (χ1) is 11.9. The van der Waals surface area contributed by atoms with Gasteiger partial charge in [-0.05, 0) is 50.2 Å². The Hall–Kier alpha value is -2.86. The van der Waals surface area contributed by atoms with E-state index < -0.39 is 5.91 Å². The van der Waals surface area contributed by atoms with Crippen LogP contribution in [-0.4, -0.2) is 35.8 Å². The Labute approximate surface area is 147 Å². The quantitative estimate of drug-likeness (QED) is 0.773. The average molecular weight is 341 g/mol. The van der Waals surface area contributed by atoms with Crippen LogP contribution < -0.4 is 15.8 Å². The summed E-state index contributed by atoms with van der Waals surface area (Å²) in [5, 5.41) is 2.80. The number of primary amides is 1. The molecule has 0 radical (unpaired) electrons. The van der Waals surface area contributed by atoms with Crippen LogP contribution in [0.2, 0.25) is 0 Å². The van der Waals surface area contributed by atoms with E-state index in [0.29, 0.717) is 11.4 Å². The normalized spacial score (nSPS) is 10.7. The number of ether oxygens (including phenoxy) is 1. The fourth-order valence-electron chi connectivity index (χ4n) is 2.24. The summed E-state index contributed by atoms with van der Waals surface area (Å²) in [6.07, 6.45) is 0. The zero-order valence-electron chi connectivity index (χ0n) is 14.4. The molecule has 0 unspecified atom stereocenters.